The van der Waals surface area contributed by atoms with Crippen LogP contribution in [0.15, 0.2) is 109 Å². The SMILES string of the molecule is C(=C/c1ccc(-c2ccc(/C=C/c3ccccc3)cc2)cc1)/c1ccccc1. The molecule has 0 aliphatic carbocycles. The van der Waals surface area contributed by atoms with Crippen LogP contribution >= 0.6 is 0 Å². The second kappa shape index (κ2) is 8.83. The average Bonchev–Trinajstić information content (AvgIpc) is 2.78. The van der Waals surface area contributed by atoms with Crippen LogP contribution in [0.5, 0.6) is 0 Å². The highest BCUT2D eigenvalue weighted by atomic mass is 14.0. The van der Waals surface area contributed by atoms with Gasteiger partial charge in [-0.05, 0) is 33.4 Å². The van der Waals surface area contributed by atoms with Crippen LogP contribution in [0.1, 0.15) is 22.3 Å². The first-order valence-electron chi connectivity index (χ1n) is 9.54. The lowest BCUT2D eigenvalue weighted by Gasteiger charge is -2.03. The van der Waals surface area contributed by atoms with E-state index in [1.165, 1.54) is 33.4 Å². The largest absolute Gasteiger partial charge is 0.0622 e. The van der Waals surface area contributed by atoms with Gasteiger partial charge in [0.15, 0.2) is 0 Å². The minimum absolute atomic E-state index is 1.20. The number of rotatable bonds is 5. The summed E-state index contributed by atoms with van der Waals surface area (Å²) in [5, 5.41) is 0. The zero-order valence-corrected chi connectivity index (χ0v) is 15.7. The Labute approximate surface area is 167 Å². The lowest BCUT2D eigenvalue weighted by molar-refractivity contribution is 1.58. The molecule has 4 aromatic carbocycles. The molecule has 28 heavy (non-hydrogen) atoms. The van der Waals surface area contributed by atoms with E-state index in [9.17, 15) is 0 Å². The molecule has 0 aromatic heterocycles. The van der Waals surface area contributed by atoms with Crippen molar-refractivity contribution in [3.8, 4) is 11.1 Å². The van der Waals surface area contributed by atoms with Gasteiger partial charge in [0.05, 0.1) is 0 Å². The van der Waals surface area contributed by atoms with Crippen LogP contribution in [-0.2, 0) is 0 Å². The Bertz CT molecular complexity index is 961. The van der Waals surface area contributed by atoms with E-state index in [1.807, 2.05) is 12.1 Å². The maximum Gasteiger partial charge on any atom is -0.0184 e. The fourth-order valence-electron chi connectivity index (χ4n) is 3.09. The van der Waals surface area contributed by atoms with Crippen LogP contribution in [0.3, 0.4) is 0 Å². The number of hydrogen-bond donors (Lipinski definition) is 0. The van der Waals surface area contributed by atoms with Crippen LogP contribution in [0, 0.1) is 0 Å². The van der Waals surface area contributed by atoms with Crippen molar-refractivity contribution in [3.63, 3.8) is 0 Å². The molecule has 0 bridgehead atoms. The van der Waals surface area contributed by atoms with Crippen LogP contribution in [0.4, 0.5) is 0 Å². The van der Waals surface area contributed by atoms with Crippen molar-refractivity contribution in [1.29, 1.82) is 0 Å². The Kier molecular flexibility index (Phi) is 5.60. The molecule has 0 amide bonds. The van der Waals surface area contributed by atoms with Crippen molar-refractivity contribution >= 4 is 24.3 Å². The van der Waals surface area contributed by atoms with Crippen molar-refractivity contribution in [2.45, 2.75) is 0 Å². The predicted molar refractivity (Wildman–Crippen MR) is 123 cm³/mol. The third kappa shape index (κ3) is 4.75. The molecule has 134 valence electrons. The molecule has 0 spiro atoms. The van der Waals surface area contributed by atoms with E-state index in [4.69, 9.17) is 0 Å². The van der Waals surface area contributed by atoms with Gasteiger partial charge in [0, 0.05) is 0 Å². The van der Waals surface area contributed by atoms with E-state index in [1.54, 1.807) is 0 Å². The molecular formula is C28H22. The summed E-state index contributed by atoms with van der Waals surface area (Å²) >= 11 is 0. The summed E-state index contributed by atoms with van der Waals surface area (Å²) in [5.41, 5.74) is 7.30. The Hall–Kier alpha value is -3.64. The van der Waals surface area contributed by atoms with Crippen molar-refractivity contribution in [2.24, 2.45) is 0 Å². The lowest BCUT2D eigenvalue weighted by atomic mass is 10.0. The zero-order chi connectivity index (χ0) is 19.0. The standard InChI is InChI=1S/C28H22/c1-3-7-23(8-4-1)11-13-25-15-19-27(20-16-25)28-21-17-26(18-22-28)14-12-24-9-5-2-6-10-24/h1-22H/b13-11-,14-12+. The number of benzene rings is 4. The van der Waals surface area contributed by atoms with Gasteiger partial charge in [-0.25, -0.2) is 0 Å². The summed E-state index contributed by atoms with van der Waals surface area (Å²) in [5.74, 6) is 0. The molecule has 0 saturated carbocycles. The normalized spacial score (nSPS) is 11.3. The smallest absolute Gasteiger partial charge is 0.0184 e. The Morgan fingerprint density at radius 1 is 0.286 bits per heavy atom. The van der Waals surface area contributed by atoms with Gasteiger partial charge in [0.1, 0.15) is 0 Å². The molecule has 4 aromatic rings. The molecule has 0 atom stereocenters. The molecule has 0 aliphatic rings. The topological polar surface area (TPSA) is 0 Å². The summed E-state index contributed by atoms with van der Waals surface area (Å²) in [7, 11) is 0. The molecule has 0 fully saturated rings. The van der Waals surface area contributed by atoms with Crippen LogP contribution in [0.25, 0.3) is 35.4 Å². The summed E-state index contributed by atoms with van der Waals surface area (Å²) < 4.78 is 0. The van der Waals surface area contributed by atoms with E-state index in [-0.39, 0.29) is 0 Å². The summed E-state index contributed by atoms with van der Waals surface area (Å²) in [6.07, 6.45) is 8.58. The van der Waals surface area contributed by atoms with Gasteiger partial charge in [-0.1, -0.05) is 133 Å². The molecule has 0 heteroatoms. The molecule has 0 nitrogen and oxygen atoms in total. The Morgan fingerprint density at radius 2 is 0.571 bits per heavy atom. The molecule has 0 aliphatic heterocycles. The Balaban J connectivity index is 1.44. The van der Waals surface area contributed by atoms with Crippen LogP contribution in [-0.4, -0.2) is 0 Å². The van der Waals surface area contributed by atoms with E-state index < -0.39 is 0 Å². The van der Waals surface area contributed by atoms with Gasteiger partial charge in [0.25, 0.3) is 0 Å². The molecule has 4 rings (SSSR count). The highest BCUT2D eigenvalue weighted by molar-refractivity contribution is 5.74. The summed E-state index contributed by atoms with van der Waals surface area (Å²) in [6.45, 7) is 0. The Morgan fingerprint density at radius 3 is 0.893 bits per heavy atom. The lowest BCUT2D eigenvalue weighted by Crippen LogP contribution is -1.80. The van der Waals surface area contributed by atoms with E-state index in [2.05, 4.69) is 121 Å². The molecular weight excluding hydrogens is 336 g/mol. The first kappa shape index (κ1) is 17.8. The van der Waals surface area contributed by atoms with Crippen molar-refractivity contribution in [3.05, 3.63) is 131 Å². The van der Waals surface area contributed by atoms with Crippen molar-refractivity contribution < 1.29 is 0 Å². The molecule has 0 saturated heterocycles. The van der Waals surface area contributed by atoms with Crippen LogP contribution in [0.2, 0.25) is 0 Å². The summed E-state index contributed by atoms with van der Waals surface area (Å²) in [6, 6.07) is 38.1. The predicted octanol–water partition coefficient (Wildman–Crippen LogP) is 7.69. The van der Waals surface area contributed by atoms with Gasteiger partial charge in [-0.2, -0.15) is 0 Å². The third-order valence-corrected chi connectivity index (χ3v) is 4.69. The van der Waals surface area contributed by atoms with Crippen LogP contribution < -0.4 is 0 Å². The van der Waals surface area contributed by atoms with Crippen molar-refractivity contribution in [1.82, 2.24) is 0 Å². The first-order chi connectivity index (χ1) is 13.9. The maximum absolute atomic E-state index is 2.18. The minimum atomic E-state index is 1.20. The molecule has 0 N–H and O–H groups in total. The second-order valence-electron chi connectivity index (χ2n) is 6.73. The number of hydrogen-bond acceptors (Lipinski definition) is 0. The fraction of sp³-hybridized carbons (Fsp3) is 0. The monoisotopic (exact) mass is 358 g/mol. The first-order valence-corrected chi connectivity index (χ1v) is 9.54. The molecule has 0 heterocycles. The van der Waals surface area contributed by atoms with E-state index >= 15 is 0 Å². The van der Waals surface area contributed by atoms with E-state index in [0.29, 0.717) is 0 Å². The maximum atomic E-state index is 2.18. The third-order valence-electron chi connectivity index (χ3n) is 4.69. The minimum Gasteiger partial charge on any atom is -0.0622 e. The molecule has 0 radical (unpaired) electrons. The quantitative estimate of drug-likeness (QED) is 0.321. The average molecular weight is 358 g/mol. The van der Waals surface area contributed by atoms with Gasteiger partial charge in [-0.3, -0.25) is 0 Å². The van der Waals surface area contributed by atoms with Gasteiger partial charge >= 0.3 is 0 Å². The highest BCUT2D eigenvalue weighted by Gasteiger charge is 1.98. The van der Waals surface area contributed by atoms with E-state index in [0.717, 1.165) is 0 Å². The fourth-order valence-corrected chi connectivity index (χ4v) is 3.09. The zero-order valence-electron chi connectivity index (χ0n) is 15.7. The van der Waals surface area contributed by atoms with Gasteiger partial charge in [-0.15, -0.1) is 0 Å². The molecule has 0 unspecified atom stereocenters. The summed E-state index contributed by atoms with van der Waals surface area (Å²) in [4.78, 5) is 0. The second-order valence-corrected chi connectivity index (χ2v) is 6.73. The van der Waals surface area contributed by atoms with Gasteiger partial charge < -0.3 is 0 Å². The van der Waals surface area contributed by atoms with Crippen molar-refractivity contribution in [2.75, 3.05) is 0 Å². The highest BCUT2D eigenvalue weighted by Crippen LogP contribution is 2.22. The van der Waals surface area contributed by atoms with Gasteiger partial charge in [0.2, 0.25) is 0 Å².